The number of nitrogens with zero attached hydrogens (tertiary/aromatic N) is 1. The molecule has 2 heterocycles. The molecule has 0 aliphatic carbocycles. The summed E-state index contributed by atoms with van der Waals surface area (Å²) in [5.74, 6) is -1.06. The van der Waals surface area contributed by atoms with Gasteiger partial charge >= 0.3 is 5.97 Å². The van der Waals surface area contributed by atoms with Crippen molar-refractivity contribution < 1.29 is 9.90 Å². The summed E-state index contributed by atoms with van der Waals surface area (Å²) in [5, 5.41) is 11.6. The Balaban J connectivity index is 2.77. The number of hydrogen-bond acceptors (Lipinski definition) is 3. The van der Waals surface area contributed by atoms with Gasteiger partial charge in [0.25, 0.3) is 0 Å². The van der Waals surface area contributed by atoms with Crippen LogP contribution in [-0.4, -0.2) is 16.1 Å². The predicted octanol–water partition coefficient (Wildman–Crippen LogP) is 2.65. The highest BCUT2D eigenvalue weighted by molar-refractivity contribution is 7.17. The van der Waals surface area contributed by atoms with Gasteiger partial charge in [-0.2, -0.15) is 0 Å². The molecule has 0 amide bonds. The number of rotatable bonds is 1. The Morgan fingerprint density at radius 3 is 3.08 bits per heavy atom. The van der Waals surface area contributed by atoms with E-state index in [1.165, 1.54) is 17.4 Å². The molecule has 0 saturated heterocycles. The van der Waals surface area contributed by atoms with Gasteiger partial charge in [-0.05, 0) is 22.9 Å². The Hall–Kier alpha value is -1.13. The van der Waals surface area contributed by atoms with E-state index < -0.39 is 5.97 Å². The molecular formula is C8H4ClNO2S. The summed E-state index contributed by atoms with van der Waals surface area (Å²) in [5.41, 5.74) is -0.0177. The van der Waals surface area contributed by atoms with Gasteiger partial charge < -0.3 is 5.11 Å². The minimum Gasteiger partial charge on any atom is -0.477 e. The molecule has 2 rings (SSSR count). The first kappa shape index (κ1) is 8.47. The molecule has 66 valence electrons. The highest BCUT2D eigenvalue weighted by atomic mass is 35.5. The zero-order chi connectivity index (χ0) is 9.42. The van der Waals surface area contributed by atoms with Crippen LogP contribution in [-0.2, 0) is 0 Å². The fourth-order valence-corrected chi connectivity index (χ4v) is 2.14. The zero-order valence-corrected chi connectivity index (χ0v) is 7.89. The number of carboxylic acid groups (broad SMARTS) is 1. The van der Waals surface area contributed by atoms with Crippen LogP contribution in [0.3, 0.4) is 0 Å². The standard InChI is InChI=1S/C8H4ClNO2S/c9-7-6-4(1-2-13-6)3-5(10-7)8(11)12/h1-3H,(H,11,12). The van der Waals surface area contributed by atoms with E-state index in [4.69, 9.17) is 16.7 Å². The van der Waals surface area contributed by atoms with E-state index in [-0.39, 0.29) is 10.8 Å². The quantitative estimate of drug-likeness (QED) is 0.741. The van der Waals surface area contributed by atoms with Crippen LogP contribution in [0.4, 0.5) is 0 Å². The third kappa shape index (κ3) is 1.38. The molecule has 5 heteroatoms. The molecule has 0 atom stereocenters. The van der Waals surface area contributed by atoms with Crippen LogP contribution in [0.15, 0.2) is 17.5 Å². The predicted molar refractivity (Wildman–Crippen MR) is 51.6 cm³/mol. The van der Waals surface area contributed by atoms with Crippen LogP contribution in [0.5, 0.6) is 0 Å². The highest BCUT2D eigenvalue weighted by Gasteiger charge is 2.09. The van der Waals surface area contributed by atoms with Gasteiger partial charge in [-0.15, -0.1) is 11.3 Å². The van der Waals surface area contributed by atoms with E-state index in [1.807, 2.05) is 11.4 Å². The number of pyridine rings is 1. The first-order chi connectivity index (χ1) is 6.18. The molecule has 0 radical (unpaired) electrons. The molecule has 0 saturated carbocycles. The number of thiophene rings is 1. The largest absolute Gasteiger partial charge is 0.477 e. The van der Waals surface area contributed by atoms with Crippen molar-refractivity contribution in [2.24, 2.45) is 0 Å². The van der Waals surface area contributed by atoms with Crippen molar-refractivity contribution in [3.8, 4) is 0 Å². The second kappa shape index (κ2) is 2.97. The smallest absolute Gasteiger partial charge is 0.354 e. The molecular weight excluding hydrogens is 210 g/mol. The number of halogens is 1. The topological polar surface area (TPSA) is 50.2 Å². The second-order valence-electron chi connectivity index (χ2n) is 2.44. The Labute approximate surface area is 82.6 Å². The van der Waals surface area contributed by atoms with Gasteiger partial charge in [0.2, 0.25) is 0 Å². The summed E-state index contributed by atoms with van der Waals surface area (Å²) >= 11 is 7.23. The lowest BCUT2D eigenvalue weighted by Crippen LogP contribution is -1.99. The number of aromatic carboxylic acids is 1. The lowest BCUT2D eigenvalue weighted by atomic mass is 10.3. The van der Waals surface area contributed by atoms with Crippen molar-refractivity contribution in [3.05, 3.63) is 28.4 Å². The fourth-order valence-electron chi connectivity index (χ4n) is 1.05. The molecule has 0 unspecified atom stereocenters. The van der Waals surface area contributed by atoms with Crippen LogP contribution in [0.25, 0.3) is 10.1 Å². The Morgan fingerprint density at radius 1 is 1.62 bits per heavy atom. The van der Waals surface area contributed by atoms with Gasteiger partial charge in [-0.3, -0.25) is 0 Å². The van der Waals surface area contributed by atoms with Crippen LogP contribution in [0.1, 0.15) is 10.5 Å². The molecule has 2 aromatic heterocycles. The van der Waals surface area contributed by atoms with Crippen molar-refractivity contribution in [1.82, 2.24) is 4.98 Å². The first-order valence-electron chi connectivity index (χ1n) is 3.45. The fraction of sp³-hybridized carbons (Fsp3) is 0. The molecule has 3 nitrogen and oxygen atoms in total. The van der Waals surface area contributed by atoms with Gasteiger partial charge in [0.05, 0.1) is 4.70 Å². The molecule has 0 spiro atoms. The molecule has 0 fully saturated rings. The minimum absolute atomic E-state index is 0.0177. The van der Waals surface area contributed by atoms with E-state index in [1.54, 1.807) is 0 Å². The van der Waals surface area contributed by atoms with Gasteiger partial charge in [-0.1, -0.05) is 11.6 Å². The molecule has 0 aromatic carbocycles. The van der Waals surface area contributed by atoms with Crippen LogP contribution < -0.4 is 0 Å². The van der Waals surface area contributed by atoms with Crippen LogP contribution in [0, 0.1) is 0 Å². The van der Waals surface area contributed by atoms with Gasteiger partial charge in [0, 0.05) is 0 Å². The Kier molecular flexibility index (Phi) is 1.94. The van der Waals surface area contributed by atoms with E-state index in [0.29, 0.717) is 0 Å². The SMILES string of the molecule is O=C(O)c1cc2ccsc2c(Cl)n1. The molecule has 0 aliphatic heterocycles. The summed E-state index contributed by atoms with van der Waals surface area (Å²) in [6, 6.07) is 3.33. The number of carboxylic acids is 1. The van der Waals surface area contributed by atoms with Crippen LogP contribution >= 0.6 is 22.9 Å². The van der Waals surface area contributed by atoms with Crippen molar-refractivity contribution in [3.63, 3.8) is 0 Å². The number of hydrogen-bond donors (Lipinski definition) is 1. The van der Waals surface area contributed by atoms with Crippen molar-refractivity contribution in [1.29, 1.82) is 0 Å². The maximum atomic E-state index is 10.6. The second-order valence-corrected chi connectivity index (χ2v) is 3.72. The highest BCUT2D eigenvalue weighted by Crippen LogP contribution is 2.27. The average molecular weight is 214 g/mol. The molecule has 13 heavy (non-hydrogen) atoms. The number of carbonyl (C=O) groups is 1. The Morgan fingerprint density at radius 2 is 2.38 bits per heavy atom. The first-order valence-corrected chi connectivity index (χ1v) is 4.71. The van der Waals surface area contributed by atoms with Crippen molar-refractivity contribution in [2.45, 2.75) is 0 Å². The summed E-state index contributed by atoms with van der Waals surface area (Å²) in [4.78, 5) is 14.4. The van der Waals surface area contributed by atoms with E-state index in [2.05, 4.69) is 4.98 Å². The maximum absolute atomic E-state index is 10.6. The third-order valence-corrected chi connectivity index (χ3v) is 2.94. The summed E-state index contributed by atoms with van der Waals surface area (Å²) in [6.45, 7) is 0. The van der Waals surface area contributed by atoms with E-state index in [9.17, 15) is 4.79 Å². The van der Waals surface area contributed by atoms with Gasteiger partial charge in [0.15, 0.2) is 5.69 Å². The average Bonchev–Trinajstić information content (AvgIpc) is 2.51. The third-order valence-electron chi connectivity index (χ3n) is 1.61. The molecule has 1 N–H and O–H groups in total. The summed E-state index contributed by atoms with van der Waals surface area (Å²) in [7, 11) is 0. The monoisotopic (exact) mass is 213 g/mol. The summed E-state index contributed by atoms with van der Waals surface area (Å²) < 4.78 is 0.826. The maximum Gasteiger partial charge on any atom is 0.354 e. The molecule has 0 aliphatic rings. The lowest BCUT2D eigenvalue weighted by Gasteiger charge is -1.96. The van der Waals surface area contributed by atoms with Crippen molar-refractivity contribution in [2.75, 3.05) is 0 Å². The van der Waals surface area contributed by atoms with E-state index >= 15 is 0 Å². The van der Waals surface area contributed by atoms with Gasteiger partial charge in [-0.25, -0.2) is 9.78 Å². The van der Waals surface area contributed by atoms with E-state index in [0.717, 1.165) is 10.1 Å². The lowest BCUT2D eigenvalue weighted by molar-refractivity contribution is 0.0691. The minimum atomic E-state index is -1.06. The normalized spacial score (nSPS) is 10.5. The number of fused-ring (bicyclic) bond motifs is 1. The zero-order valence-electron chi connectivity index (χ0n) is 6.32. The molecule has 0 bridgehead atoms. The Bertz CT molecular complexity index is 480. The van der Waals surface area contributed by atoms with Crippen LogP contribution in [0.2, 0.25) is 5.15 Å². The summed E-state index contributed by atoms with van der Waals surface area (Å²) in [6.07, 6.45) is 0. The number of aromatic nitrogens is 1. The van der Waals surface area contributed by atoms with Gasteiger partial charge in [0.1, 0.15) is 5.15 Å². The van der Waals surface area contributed by atoms with Crippen molar-refractivity contribution >= 4 is 39.0 Å². The molecule has 2 aromatic rings.